The van der Waals surface area contributed by atoms with Crippen LogP contribution in [0, 0.1) is 11.8 Å². The Kier molecular flexibility index (Phi) is 6.11. The van der Waals surface area contributed by atoms with Gasteiger partial charge in [0.2, 0.25) is 5.91 Å². The molecular weight excluding hydrogens is 240 g/mol. The molecule has 2 atom stereocenters. The molecule has 110 valence electrons. The second-order valence-electron chi connectivity index (χ2n) is 6.10. The summed E-state index contributed by atoms with van der Waals surface area (Å²) >= 11 is 0. The molecule has 0 aromatic heterocycles. The van der Waals surface area contributed by atoms with Crippen LogP contribution in [0.2, 0.25) is 0 Å². The zero-order valence-electron chi connectivity index (χ0n) is 12.1. The van der Waals surface area contributed by atoms with Gasteiger partial charge in [0.1, 0.15) is 0 Å². The van der Waals surface area contributed by atoms with Crippen LogP contribution >= 0.6 is 0 Å². The first-order chi connectivity index (χ1) is 9.25. The first-order valence-corrected chi connectivity index (χ1v) is 7.84. The van der Waals surface area contributed by atoms with Gasteiger partial charge in [-0.3, -0.25) is 4.79 Å². The summed E-state index contributed by atoms with van der Waals surface area (Å²) in [4.78, 5) is 11.5. The second-order valence-corrected chi connectivity index (χ2v) is 6.10. The monoisotopic (exact) mass is 268 g/mol. The Labute approximate surface area is 116 Å². The minimum Gasteiger partial charge on any atom is -0.376 e. The smallest absolute Gasteiger partial charge is 0.234 e. The molecule has 0 saturated heterocycles. The number of rotatable bonds is 8. The lowest BCUT2D eigenvalue weighted by molar-refractivity contribution is -0.120. The standard InChI is InChI=1S/C15H28N2O2/c1-12-4-2-3-5-14(12)19-9-8-17-15(18)11-16-10-13-6-7-13/h12-14,16H,2-11H2,1H3,(H,17,18). The number of carbonyl (C=O) groups is 1. The lowest BCUT2D eigenvalue weighted by Crippen LogP contribution is -2.37. The summed E-state index contributed by atoms with van der Waals surface area (Å²) in [5.74, 6) is 1.58. The SMILES string of the molecule is CC1CCCCC1OCCNC(=O)CNCC1CC1. The summed E-state index contributed by atoms with van der Waals surface area (Å²) in [6, 6.07) is 0. The molecule has 0 spiro atoms. The first kappa shape index (κ1) is 14.8. The highest BCUT2D eigenvalue weighted by Crippen LogP contribution is 2.27. The zero-order valence-corrected chi connectivity index (χ0v) is 12.1. The van der Waals surface area contributed by atoms with Crippen LogP contribution in [-0.2, 0) is 9.53 Å². The van der Waals surface area contributed by atoms with Crippen LogP contribution in [0.15, 0.2) is 0 Å². The van der Waals surface area contributed by atoms with Crippen molar-refractivity contribution >= 4 is 5.91 Å². The van der Waals surface area contributed by atoms with Crippen LogP contribution in [0.1, 0.15) is 45.4 Å². The van der Waals surface area contributed by atoms with E-state index in [2.05, 4.69) is 17.6 Å². The van der Waals surface area contributed by atoms with E-state index < -0.39 is 0 Å². The molecule has 2 aliphatic rings. The van der Waals surface area contributed by atoms with Gasteiger partial charge in [-0.1, -0.05) is 19.8 Å². The minimum absolute atomic E-state index is 0.0842. The summed E-state index contributed by atoms with van der Waals surface area (Å²) in [6.45, 7) is 4.97. The van der Waals surface area contributed by atoms with Gasteiger partial charge in [-0.15, -0.1) is 0 Å². The molecule has 0 aliphatic heterocycles. The Bertz CT molecular complexity index is 279. The van der Waals surface area contributed by atoms with E-state index in [1.54, 1.807) is 0 Å². The van der Waals surface area contributed by atoms with Crippen LogP contribution in [0.5, 0.6) is 0 Å². The molecule has 0 radical (unpaired) electrons. The molecule has 2 saturated carbocycles. The van der Waals surface area contributed by atoms with Crippen molar-refractivity contribution in [2.75, 3.05) is 26.2 Å². The highest BCUT2D eigenvalue weighted by Gasteiger charge is 2.22. The van der Waals surface area contributed by atoms with Gasteiger partial charge in [0.25, 0.3) is 0 Å². The van der Waals surface area contributed by atoms with E-state index in [1.165, 1.54) is 38.5 Å². The molecule has 0 bridgehead atoms. The highest BCUT2D eigenvalue weighted by molar-refractivity contribution is 5.77. The van der Waals surface area contributed by atoms with Gasteiger partial charge in [0.15, 0.2) is 0 Å². The summed E-state index contributed by atoms with van der Waals surface area (Å²) in [5.41, 5.74) is 0. The predicted octanol–water partition coefficient (Wildman–Crippen LogP) is 1.70. The van der Waals surface area contributed by atoms with E-state index in [9.17, 15) is 4.79 Å². The largest absolute Gasteiger partial charge is 0.376 e. The number of amides is 1. The third-order valence-electron chi connectivity index (χ3n) is 4.20. The fourth-order valence-corrected chi connectivity index (χ4v) is 2.70. The maximum absolute atomic E-state index is 11.5. The number of nitrogens with one attached hydrogen (secondary N) is 2. The lowest BCUT2D eigenvalue weighted by atomic mass is 9.88. The third-order valence-corrected chi connectivity index (χ3v) is 4.20. The third kappa shape index (κ3) is 5.91. The van der Waals surface area contributed by atoms with E-state index in [0.717, 1.165) is 12.5 Å². The van der Waals surface area contributed by atoms with Gasteiger partial charge < -0.3 is 15.4 Å². The molecule has 1 amide bonds. The molecule has 19 heavy (non-hydrogen) atoms. The Hall–Kier alpha value is -0.610. The van der Waals surface area contributed by atoms with E-state index in [0.29, 0.717) is 31.7 Å². The molecular formula is C15H28N2O2. The number of hydrogen-bond donors (Lipinski definition) is 2. The number of hydrogen-bond acceptors (Lipinski definition) is 3. The van der Waals surface area contributed by atoms with Crippen LogP contribution in [0.3, 0.4) is 0 Å². The number of ether oxygens (including phenoxy) is 1. The molecule has 2 fully saturated rings. The molecule has 2 aliphatic carbocycles. The summed E-state index contributed by atoms with van der Waals surface area (Å²) in [5, 5.41) is 6.10. The first-order valence-electron chi connectivity index (χ1n) is 7.84. The summed E-state index contributed by atoms with van der Waals surface area (Å²) < 4.78 is 5.86. The van der Waals surface area contributed by atoms with Crippen molar-refractivity contribution in [1.82, 2.24) is 10.6 Å². The topological polar surface area (TPSA) is 50.4 Å². The molecule has 2 unspecified atom stereocenters. The Balaban J connectivity index is 1.44. The van der Waals surface area contributed by atoms with Crippen molar-refractivity contribution in [1.29, 1.82) is 0 Å². The fourth-order valence-electron chi connectivity index (χ4n) is 2.70. The van der Waals surface area contributed by atoms with Crippen molar-refractivity contribution in [3.63, 3.8) is 0 Å². The molecule has 0 aromatic carbocycles. The molecule has 0 heterocycles. The van der Waals surface area contributed by atoms with Crippen molar-refractivity contribution in [3.05, 3.63) is 0 Å². The summed E-state index contributed by atoms with van der Waals surface area (Å²) in [7, 11) is 0. The van der Waals surface area contributed by atoms with Gasteiger partial charge >= 0.3 is 0 Å². The Morgan fingerprint density at radius 1 is 1.21 bits per heavy atom. The maximum Gasteiger partial charge on any atom is 0.234 e. The normalized spacial score (nSPS) is 27.2. The van der Waals surface area contributed by atoms with Gasteiger partial charge in [0, 0.05) is 6.54 Å². The van der Waals surface area contributed by atoms with Gasteiger partial charge in [-0.05, 0) is 44.1 Å². The molecule has 4 nitrogen and oxygen atoms in total. The average Bonchev–Trinajstić information content (AvgIpc) is 3.21. The van der Waals surface area contributed by atoms with Crippen LogP contribution in [-0.4, -0.2) is 38.3 Å². The quantitative estimate of drug-likeness (QED) is 0.659. The van der Waals surface area contributed by atoms with Crippen LogP contribution in [0.25, 0.3) is 0 Å². The zero-order chi connectivity index (χ0) is 13.5. The average molecular weight is 268 g/mol. The summed E-state index contributed by atoms with van der Waals surface area (Å²) in [6.07, 6.45) is 8.12. The predicted molar refractivity (Wildman–Crippen MR) is 76.0 cm³/mol. The Morgan fingerprint density at radius 2 is 2.00 bits per heavy atom. The van der Waals surface area contributed by atoms with Crippen LogP contribution < -0.4 is 10.6 Å². The number of carbonyl (C=O) groups excluding carboxylic acids is 1. The molecule has 0 aromatic rings. The van der Waals surface area contributed by atoms with Crippen molar-refractivity contribution in [2.24, 2.45) is 11.8 Å². The highest BCUT2D eigenvalue weighted by atomic mass is 16.5. The maximum atomic E-state index is 11.5. The lowest BCUT2D eigenvalue weighted by Gasteiger charge is -2.28. The van der Waals surface area contributed by atoms with Crippen molar-refractivity contribution in [2.45, 2.75) is 51.6 Å². The van der Waals surface area contributed by atoms with Crippen molar-refractivity contribution < 1.29 is 9.53 Å². The Morgan fingerprint density at radius 3 is 2.74 bits per heavy atom. The molecule has 2 rings (SSSR count). The van der Waals surface area contributed by atoms with Crippen molar-refractivity contribution in [3.8, 4) is 0 Å². The van der Waals surface area contributed by atoms with Gasteiger partial charge in [-0.2, -0.15) is 0 Å². The second kappa shape index (κ2) is 7.85. The molecule has 4 heteroatoms. The van der Waals surface area contributed by atoms with E-state index >= 15 is 0 Å². The minimum atomic E-state index is 0.0842. The van der Waals surface area contributed by atoms with Gasteiger partial charge in [0.05, 0.1) is 19.3 Å². The van der Waals surface area contributed by atoms with E-state index in [4.69, 9.17) is 4.74 Å². The van der Waals surface area contributed by atoms with Gasteiger partial charge in [-0.25, -0.2) is 0 Å². The van der Waals surface area contributed by atoms with E-state index in [-0.39, 0.29) is 5.91 Å². The fraction of sp³-hybridized carbons (Fsp3) is 0.933. The van der Waals surface area contributed by atoms with E-state index in [1.807, 2.05) is 0 Å². The molecule has 2 N–H and O–H groups in total. The van der Waals surface area contributed by atoms with Crippen LogP contribution in [0.4, 0.5) is 0 Å².